The zero-order chi connectivity index (χ0) is 26.3. The van der Waals surface area contributed by atoms with Gasteiger partial charge in [-0.3, -0.25) is 0 Å². The van der Waals surface area contributed by atoms with Gasteiger partial charge in [0.15, 0.2) is 16.7 Å². The number of benzene rings is 4. The first-order valence-electron chi connectivity index (χ1n) is 12.4. The smallest absolute Gasteiger partial charge is 0.203 e. The fourth-order valence-electron chi connectivity index (χ4n) is 4.55. The number of thioether (sulfide) groups is 1. The minimum absolute atomic E-state index is 0.114. The maximum absolute atomic E-state index is 5.73. The Labute approximate surface area is 228 Å². The zero-order valence-electron chi connectivity index (χ0n) is 21.7. The SMILES string of the molecule is COc1cc(C2/C(=C/c3ccccc3)SC(=Nc3ccccc3)N2Cc2ccccc2)cc(OC)c1OC. The van der Waals surface area contributed by atoms with Crippen LogP contribution in [-0.2, 0) is 6.54 Å². The van der Waals surface area contributed by atoms with Crippen molar-refractivity contribution in [1.29, 1.82) is 0 Å². The third kappa shape index (κ3) is 5.55. The van der Waals surface area contributed by atoms with Gasteiger partial charge in [-0.15, -0.1) is 0 Å². The van der Waals surface area contributed by atoms with Crippen LogP contribution in [0.25, 0.3) is 6.08 Å². The molecular weight excluding hydrogens is 492 g/mol. The molecule has 0 saturated carbocycles. The van der Waals surface area contributed by atoms with Crippen LogP contribution in [0.15, 0.2) is 113 Å². The normalized spacial score (nSPS) is 17.1. The van der Waals surface area contributed by atoms with Crippen LogP contribution in [0.4, 0.5) is 5.69 Å². The number of para-hydroxylation sites is 1. The highest BCUT2D eigenvalue weighted by Gasteiger charge is 2.37. The summed E-state index contributed by atoms with van der Waals surface area (Å²) in [6, 6.07) is 34.9. The number of aliphatic imine (C=N–C) groups is 1. The Balaban J connectivity index is 1.70. The van der Waals surface area contributed by atoms with Crippen molar-refractivity contribution in [1.82, 2.24) is 4.90 Å². The van der Waals surface area contributed by atoms with E-state index in [0.29, 0.717) is 23.8 Å². The summed E-state index contributed by atoms with van der Waals surface area (Å²) in [6.45, 7) is 0.687. The lowest BCUT2D eigenvalue weighted by molar-refractivity contribution is 0.320. The zero-order valence-corrected chi connectivity index (χ0v) is 22.5. The molecular formula is C32H30N2O3S. The second kappa shape index (κ2) is 11.9. The number of methoxy groups -OCH3 is 3. The first kappa shape index (κ1) is 25.5. The van der Waals surface area contributed by atoms with Gasteiger partial charge in [0.05, 0.1) is 33.1 Å². The summed E-state index contributed by atoms with van der Waals surface area (Å²) < 4.78 is 17.1. The summed E-state index contributed by atoms with van der Waals surface area (Å²) in [5.41, 5.74) is 4.28. The van der Waals surface area contributed by atoms with Crippen molar-refractivity contribution in [2.24, 2.45) is 4.99 Å². The van der Waals surface area contributed by atoms with Crippen LogP contribution in [0.3, 0.4) is 0 Å². The van der Waals surface area contributed by atoms with Gasteiger partial charge >= 0.3 is 0 Å². The third-order valence-corrected chi connectivity index (χ3v) is 7.41. The van der Waals surface area contributed by atoms with E-state index in [1.807, 2.05) is 54.6 Å². The predicted octanol–water partition coefficient (Wildman–Crippen LogP) is 7.73. The summed E-state index contributed by atoms with van der Waals surface area (Å²) in [5, 5.41) is 0.931. The monoisotopic (exact) mass is 522 g/mol. The molecule has 0 N–H and O–H groups in total. The van der Waals surface area contributed by atoms with Crippen LogP contribution in [0.2, 0.25) is 0 Å². The van der Waals surface area contributed by atoms with E-state index in [1.165, 1.54) is 5.56 Å². The van der Waals surface area contributed by atoms with E-state index in [-0.39, 0.29) is 6.04 Å². The van der Waals surface area contributed by atoms with E-state index in [0.717, 1.165) is 26.9 Å². The molecule has 4 aromatic carbocycles. The Morgan fingerprint density at radius 3 is 1.92 bits per heavy atom. The molecule has 0 radical (unpaired) electrons. The summed E-state index contributed by atoms with van der Waals surface area (Å²) in [5.74, 6) is 1.82. The lowest BCUT2D eigenvalue weighted by Gasteiger charge is -2.28. The molecule has 0 spiro atoms. The molecule has 0 amide bonds. The molecule has 5 rings (SSSR count). The molecule has 1 aliphatic heterocycles. The van der Waals surface area contributed by atoms with Crippen molar-refractivity contribution in [3.8, 4) is 17.2 Å². The van der Waals surface area contributed by atoms with E-state index >= 15 is 0 Å². The van der Waals surface area contributed by atoms with Gasteiger partial charge in [-0.1, -0.05) is 90.6 Å². The number of nitrogens with zero attached hydrogens (tertiary/aromatic N) is 2. The van der Waals surface area contributed by atoms with Crippen molar-refractivity contribution in [2.75, 3.05) is 21.3 Å². The standard InChI is InChI=1S/C32H30N2O3S/c1-35-27-20-25(21-28(36-2)31(27)37-3)30-29(19-23-13-7-4-8-14-23)38-32(33-26-17-11-6-12-18-26)34(30)22-24-15-9-5-10-16-24/h4-21,30H,22H2,1-3H3/b29-19-,33-32?. The molecule has 1 unspecified atom stereocenters. The average Bonchev–Trinajstić information content (AvgIpc) is 3.29. The van der Waals surface area contributed by atoms with Crippen LogP contribution in [0.5, 0.6) is 17.2 Å². The summed E-state index contributed by atoms with van der Waals surface area (Å²) in [7, 11) is 4.92. The quantitative estimate of drug-likeness (QED) is 0.237. The van der Waals surface area contributed by atoms with Crippen LogP contribution >= 0.6 is 11.8 Å². The van der Waals surface area contributed by atoms with Gasteiger partial charge in [0.25, 0.3) is 0 Å². The third-order valence-electron chi connectivity index (χ3n) is 6.32. The van der Waals surface area contributed by atoms with Crippen molar-refractivity contribution in [3.05, 3.63) is 125 Å². The molecule has 1 saturated heterocycles. The Bertz CT molecular complexity index is 1400. The molecule has 1 heterocycles. The highest BCUT2D eigenvalue weighted by molar-refractivity contribution is 8.17. The van der Waals surface area contributed by atoms with Crippen LogP contribution in [-0.4, -0.2) is 31.4 Å². The predicted molar refractivity (Wildman–Crippen MR) is 156 cm³/mol. The lowest BCUT2D eigenvalue weighted by atomic mass is 10.0. The number of rotatable bonds is 8. The minimum atomic E-state index is -0.114. The van der Waals surface area contributed by atoms with Gasteiger partial charge in [-0.05, 0) is 47.0 Å². The first-order valence-corrected chi connectivity index (χ1v) is 13.2. The molecule has 0 bridgehead atoms. The average molecular weight is 523 g/mol. The van der Waals surface area contributed by atoms with Crippen LogP contribution in [0.1, 0.15) is 22.7 Å². The van der Waals surface area contributed by atoms with Gasteiger partial charge in [0.1, 0.15) is 0 Å². The molecule has 192 valence electrons. The van der Waals surface area contributed by atoms with Crippen molar-refractivity contribution >= 4 is 28.7 Å². The Kier molecular flexibility index (Phi) is 8.00. The summed E-state index contributed by atoms with van der Waals surface area (Å²) in [6.07, 6.45) is 2.24. The number of amidine groups is 1. The van der Waals surface area contributed by atoms with Gasteiger partial charge < -0.3 is 19.1 Å². The van der Waals surface area contributed by atoms with Crippen LogP contribution < -0.4 is 14.2 Å². The Morgan fingerprint density at radius 1 is 0.763 bits per heavy atom. The Morgan fingerprint density at radius 2 is 1.34 bits per heavy atom. The number of ether oxygens (including phenoxy) is 3. The number of hydrogen-bond acceptors (Lipinski definition) is 5. The molecule has 0 aromatic heterocycles. The number of hydrogen-bond donors (Lipinski definition) is 0. The fraction of sp³-hybridized carbons (Fsp3) is 0.156. The van der Waals surface area contributed by atoms with Gasteiger partial charge in [0.2, 0.25) is 5.75 Å². The molecule has 1 atom stereocenters. The molecule has 0 aliphatic carbocycles. The van der Waals surface area contributed by atoms with Crippen molar-refractivity contribution in [2.45, 2.75) is 12.6 Å². The summed E-state index contributed by atoms with van der Waals surface area (Å²) in [4.78, 5) is 8.61. The maximum Gasteiger partial charge on any atom is 0.203 e. The van der Waals surface area contributed by atoms with Gasteiger partial charge in [-0.2, -0.15) is 0 Å². The van der Waals surface area contributed by atoms with Gasteiger partial charge in [-0.25, -0.2) is 4.99 Å². The highest BCUT2D eigenvalue weighted by atomic mass is 32.2. The molecule has 1 aliphatic rings. The van der Waals surface area contributed by atoms with Gasteiger partial charge in [0, 0.05) is 11.4 Å². The minimum Gasteiger partial charge on any atom is -0.493 e. The molecule has 5 nitrogen and oxygen atoms in total. The van der Waals surface area contributed by atoms with E-state index in [1.54, 1.807) is 33.1 Å². The molecule has 4 aromatic rings. The molecule has 6 heteroatoms. The topological polar surface area (TPSA) is 43.3 Å². The summed E-state index contributed by atoms with van der Waals surface area (Å²) >= 11 is 1.69. The second-order valence-corrected chi connectivity index (χ2v) is 9.80. The molecule has 38 heavy (non-hydrogen) atoms. The largest absolute Gasteiger partial charge is 0.493 e. The maximum atomic E-state index is 5.73. The first-order chi connectivity index (χ1) is 18.7. The van der Waals surface area contributed by atoms with E-state index in [9.17, 15) is 0 Å². The Hall–Kier alpha value is -4.16. The van der Waals surface area contributed by atoms with E-state index < -0.39 is 0 Å². The molecule has 1 fully saturated rings. The second-order valence-electron chi connectivity index (χ2n) is 8.76. The lowest BCUT2D eigenvalue weighted by Crippen LogP contribution is -2.27. The van der Waals surface area contributed by atoms with E-state index in [4.69, 9.17) is 19.2 Å². The highest BCUT2D eigenvalue weighted by Crippen LogP contribution is 2.50. The fourth-order valence-corrected chi connectivity index (χ4v) is 5.77. The van der Waals surface area contributed by atoms with E-state index in [2.05, 4.69) is 59.5 Å². The van der Waals surface area contributed by atoms with Crippen molar-refractivity contribution in [3.63, 3.8) is 0 Å². The van der Waals surface area contributed by atoms with Crippen molar-refractivity contribution < 1.29 is 14.2 Å². The van der Waals surface area contributed by atoms with Crippen LogP contribution in [0, 0.1) is 0 Å².